The number of aryl methyl sites for hydroxylation is 2. The van der Waals surface area contributed by atoms with E-state index in [1.807, 2.05) is 0 Å². The van der Waals surface area contributed by atoms with Crippen LogP contribution in [0.4, 0.5) is 0 Å². The molecule has 2 aliphatic heterocycles. The Morgan fingerprint density at radius 1 is 0.591 bits per heavy atom. The molecule has 246 valence electrons. The molecule has 0 bridgehead atoms. The molecule has 2 fully saturated rings. The maximum absolute atomic E-state index is 10.8. The standard InChI is InChI=1S/C38H58O6/c1-3-11-29-15-19-31(20-16-29)41-27-9-5-7-13-33(39)35-23-25-37(43-35)38-26-24-36(44-38)34(40)14-8-6-10-28-42-32-21-17-30(12-4-2)18-22-32/h15-22,33-40H,3-14,23-28H2,1-2H3/t33-,34-,35-,36-,37+,38+/m1/s1. The molecule has 6 heteroatoms. The van der Waals surface area contributed by atoms with Gasteiger partial charge in [-0.2, -0.15) is 0 Å². The fourth-order valence-electron chi connectivity index (χ4n) is 6.59. The summed E-state index contributed by atoms with van der Waals surface area (Å²) in [6, 6.07) is 16.8. The summed E-state index contributed by atoms with van der Waals surface area (Å²) in [5, 5.41) is 21.5. The third kappa shape index (κ3) is 11.7. The highest BCUT2D eigenvalue weighted by Crippen LogP contribution is 2.34. The van der Waals surface area contributed by atoms with Gasteiger partial charge in [0.1, 0.15) is 11.5 Å². The minimum Gasteiger partial charge on any atom is -0.494 e. The molecule has 2 saturated heterocycles. The van der Waals surface area contributed by atoms with E-state index in [2.05, 4.69) is 62.4 Å². The quantitative estimate of drug-likeness (QED) is 0.140. The van der Waals surface area contributed by atoms with Crippen LogP contribution in [0.3, 0.4) is 0 Å². The van der Waals surface area contributed by atoms with Crippen molar-refractivity contribution < 1.29 is 29.2 Å². The SMILES string of the molecule is CCCc1ccc(OCCCCC[C@@H](O)[C@H]2CC[C@@H]([C@@H]3CC[C@H]([C@H](O)CCCCCOc4ccc(CCC)cc4)O3)O2)cc1. The van der Waals surface area contributed by atoms with E-state index in [9.17, 15) is 10.2 Å². The molecular formula is C38H58O6. The number of benzene rings is 2. The number of rotatable bonds is 21. The van der Waals surface area contributed by atoms with Crippen LogP contribution in [-0.2, 0) is 22.3 Å². The van der Waals surface area contributed by atoms with Crippen molar-refractivity contribution in [1.29, 1.82) is 0 Å². The van der Waals surface area contributed by atoms with Crippen LogP contribution in [-0.4, -0.2) is 60.1 Å². The van der Waals surface area contributed by atoms with Gasteiger partial charge in [0.05, 0.1) is 49.8 Å². The summed E-state index contributed by atoms with van der Waals surface area (Å²) in [6.07, 6.45) is 14.6. The zero-order chi connectivity index (χ0) is 31.0. The molecule has 2 aromatic carbocycles. The normalized spacial score (nSPS) is 23.1. The van der Waals surface area contributed by atoms with Crippen LogP contribution in [0.25, 0.3) is 0 Å². The molecule has 0 amide bonds. The average molecular weight is 611 g/mol. The molecule has 0 aliphatic carbocycles. The monoisotopic (exact) mass is 610 g/mol. The van der Waals surface area contributed by atoms with E-state index >= 15 is 0 Å². The fourth-order valence-corrected chi connectivity index (χ4v) is 6.59. The van der Waals surface area contributed by atoms with Crippen LogP contribution < -0.4 is 9.47 Å². The van der Waals surface area contributed by atoms with Crippen molar-refractivity contribution in [2.75, 3.05) is 13.2 Å². The number of aliphatic hydroxyl groups is 2. The first-order chi connectivity index (χ1) is 21.6. The lowest BCUT2D eigenvalue weighted by molar-refractivity contribution is -0.110. The van der Waals surface area contributed by atoms with Crippen LogP contribution in [0.1, 0.15) is 115 Å². The van der Waals surface area contributed by atoms with Crippen LogP contribution >= 0.6 is 0 Å². The van der Waals surface area contributed by atoms with Gasteiger partial charge in [-0.3, -0.25) is 0 Å². The molecule has 0 unspecified atom stereocenters. The molecule has 0 saturated carbocycles. The van der Waals surface area contributed by atoms with E-state index in [1.54, 1.807) is 0 Å². The smallest absolute Gasteiger partial charge is 0.119 e. The van der Waals surface area contributed by atoms with E-state index in [0.717, 1.165) is 114 Å². The molecule has 0 spiro atoms. The molecule has 2 aliphatic rings. The summed E-state index contributed by atoms with van der Waals surface area (Å²) in [5.41, 5.74) is 2.71. The van der Waals surface area contributed by atoms with Gasteiger partial charge in [-0.15, -0.1) is 0 Å². The molecule has 2 aromatic rings. The summed E-state index contributed by atoms with van der Waals surface area (Å²) in [5.74, 6) is 1.87. The van der Waals surface area contributed by atoms with Gasteiger partial charge in [0, 0.05) is 0 Å². The van der Waals surface area contributed by atoms with Crippen LogP contribution in [0.2, 0.25) is 0 Å². The second-order valence-electron chi connectivity index (χ2n) is 12.9. The molecule has 0 radical (unpaired) electrons. The predicted molar refractivity (Wildman–Crippen MR) is 177 cm³/mol. The minimum atomic E-state index is -0.431. The van der Waals surface area contributed by atoms with E-state index in [0.29, 0.717) is 13.2 Å². The van der Waals surface area contributed by atoms with E-state index in [-0.39, 0.29) is 24.4 Å². The Bertz CT molecular complexity index is 941. The summed E-state index contributed by atoms with van der Waals surface area (Å²) in [7, 11) is 0. The second-order valence-corrected chi connectivity index (χ2v) is 12.9. The first kappa shape index (κ1) is 34.7. The number of ether oxygens (including phenoxy) is 4. The highest BCUT2D eigenvalue weighted by Gasteiger charge is 2.40. The first-order valence-corrected chi connectivity index (χ1v) is 17.7. The molecule has 6 nitrogen and oxygen atoms in total. The Kier molecular flexibility index (Phi) is 15.3. The Balaban J connectivity index is 1.01. The summed E-state index contributed by atoms with van der Waals surface area (Å²) in [4.78, 5) is 0. The van der Waals surface area contributed by atoms with Crippen molar-refractivity contribution in [3.63, 3.8) is 0 Å². The van der Waals surface area contributed by atoms with Gasteiger partial charge >= 0.3 is 0 Å². The molecular weight excluding hydrogens is 552 g/mol. The average Bonchev–Trinajstić information content (AvgIpc) is 3.73. The Morgan fingerprint density at radius 3 is 1.39 bits per heavy atom. The lowest BCUT2D eigenvalue weighted by Gasteiger charge is -2.24. The fraction of sp³-hybridized carbons (Fsp3) is 0.684. The lowest BCUT2D eigenvalue weighted by Crippen LogP contribution is -2.33. The third-order valence-electron chi connectivity index (χ3n) is 9.19. The molecule has 2 heterocycles. The van der Waals surface area contributed by atoms with Gasteiger partial charge in [-0.1, -0.05) is 63.8 Å². The minimum absolute atomic E-state index is 0.0251. The molecule has 4 rings (SSSR count). The maximum atomic E-state index is 10.8. The number of unbranched alkanes of at least 4 members (excludes halogenated alkanes) is 4. The topological polar surface area (TPSA) is 77.4 Å². The highest BCUT2D eigenvalue weighted by molar-refractivity contribution is 5.28. The Labute approximate surface area is 266 Å². The van der Waals surface area contributed by atoms with Crippen molar-refractivity contribution in [1.82, 2.24) is 0 Å². The van der Waals surface area contributed by atoms with Gasteiger partial charge in [0.15, 0.2) is 0 Å². The van der Waals surface area contributed by atoms with Crippen molar-refractivity contribution in [2.24, 2.45) is 0 Å². The zero-order valence-corrected chi connectivity index (χ0v) is 27.3. The van der Waals surface area contributed by atoms with Gasteiger partial charge in [-0.05, 0) is 112 Å². The van der Waals surface area contributed by atoms with E-state index in [4.69, 9.17) is 18.9 Å². The van der Waals surface area contributed by atoms with Crippen molar-refractivity contribution >= 4 is 0 Å². The van der Waals surface area contributed by atoms with Crippen molar-refractivity contribution in [3.05, 3.63) is 59.7 Å². The van der Waals surface area contributed by atoms with E-state index in [1.165, 1.54) is 11.1 Å². The Morgan fingerprint density at radius 2 is 1.00 bits per heavy atom. The third-order valence-corrected chi connectivity index (χ3v) is 9.19. The largest absolute Gasteiger partial charge is 0.494 e. The summed E-state index contributed by atoms with van der Waals surface area (Å²) >= 11 is 0. The highest BCUT2D eigenvalue weighted by atomic mass is 16.6. The van der Waals surface area contributed by atoms with Crippen molar-refractivity contribution in [2.45, 2.75) is 153 Å². The van der Waals surface area contributed by atoms with Crippen LogP contribution in [0.5, 0.6) is 11.5 Å². The number of hydrogen-bond donors (Lipinski definition) is 2. The summed E-state index contributed by atoms with van der Waals surface area (Å²) < 4.78 is 24.3. The molecule has 44 heavy (non-hydrogen) atoms. The van der Waals surface area contributed by atoms with E-state index < -0.39 is 12.2 Å². The van der Waals surface area contributed by atoms with Gasteiger partial charge < -0.3 is 29.2 Å². The number of hydrogen-bond acceptors (Lipinski definition) is 6. The number of aliphatic hydroxyl groups excluding tert-OH is 2. The van der Waals surface area contributed by atoms with Crippen LogP contribution in [0.15, 0.2) is 48.5 Å². The van der Waals surface area contributed by atoms with Gasteiger partial charge in [-0.25, -0.2) is 0 Å². The van der Waals surface area contributed by atoms with Crippen molar-refractivity contribution in [3.8, 4) is 11.5 Å². The van der Waals surface area contributed by atoms with Gasteiger partial charge in [0.25, 0.3) is 0 Å². The molecule has 2 N–H and O–H groups in total. The Hall–Kier alpha value is -2.12. The predicted octanol–water partition coefficient (Wildman–Crippen LogP) is 7.99. The molecule has 0 aromatic heterocycles. The summed E-state index contributed by atoms with van der Waals surface area (Å²) in [6.45, 7) is 5.81. The van der Waals surface area contributed by atoms with Gasteiger partial charge in [0.2, 0.25) is 0 Å². The second kappa shape index (κ2) is 19.4. The maximum Gasteiger partial charge on any atom is 0.119 e. The van der Waals surface area contributed by atoms with Crippen LogP contribution in [0, 0.1) is 0 Å². The zero-order valence-electron chi connectivity index (χ0n) is 27.3. The molecule has 6 atom stereocenters. The lowest BCUT2D eigenvalue weighted by atomic mass is 10.0. The first-order valence-electron chi connectivity index (χ1n) is 17.7.